The topological polar surface area (TPSA) is 35.2 Å². The first-order chi connectivity index (χ1) is 7.29. The Morgan fingerprint density at radius 1 is 1.33 bits per heavy atom. The van der Waals surface area contributed by atoms with Crippen molar-refractivity contribution in [2.24, 2.45) is 5.73 Å². The number of methoxy groups -OCH3 is 1. The lowest BCUT2D eigenvalue weighted by molar-refractivity contribution is 0.388. The van der Waals surface area contributed by atoms with Gasteiger partial charge in [-0.2, -0.15) is 0 Å². The fourth-order valence-corrected chi connectivity index (χ4v) is 2.43. The zero-order valence-corrected chi connectivity index (χ0v) is 9.28. The highest BCUT2D eigenvalue weighted by molar-refractivity contribution is 5.31. The monoisotopic (exact) mass is 205 g/mol. The lowest BCUT2D eigenvalue weighted by Crippen LogP contribution is -2.26. The predicted octanol–water partition coefficient (Wildman–Crippen LogP) is 2.68. The van der Waals surface area contributed by atoms with Gasteiger partial charge in [-0.05, 0) is 42.9 Å². The third-order valence-electron chi connectivity index (χ3n) is 3.28. The molecule has 1 aliphatic rings. The molecule has 0 spiro atoms. The average Bonchev–Trinajstić information content (AvgIpc) is 2.29. The van der Waals surface area contributed by atoms with Gasteiger partial charge in [0.25, 0.3) is 0 Å². The molecule has 1 saturated carbocycles. The fourth-order valence-electron chi connectivity index (χ4n) is 2.43. The Morgan fingerprint density at radius 3 is 2.93 bits per heavy atom. The summed E-state index contributed by atoms with van der Waals surface area (Å²) in [6.45, 7) is 0. The van der Waals surface area contributed by atoms with Crippen LogP contribution in [0.15, 0.2) is 24.3 Å². The SMILES string of the molecule is COc1cccc(C2CCCC(N)C2)c1. The second-order valence-electron chi connectivity index (χ2n) is 4.40. The quantitative estimate of drug-likeness (QED) is 0.805. The molecule has 0 bridgehead atoms. The second kappa shape index (κ2) is 4.67. The summed E-state index contributed by atoms with van der Waals surface area (Å²) in [7, 11) is 1.71. The normalized spacial score (nSPS) is 26.3. The van der Waals surface area contributed by atoms with Crippen LogP contribution in [0.4, 0.5) is 0 Å². The van der Waals surface area contributed by atoms with E-state index in [1.165, 1.54) is 24.8 Å². The van der Waals surface area contributed by atoms with Crippen LogP contribution in [-0.4, -0.2) is 13.2 Å². The van der Waals surface area contributed by atoms with Crippen LogP contribution in [0.5, 0.6) is 5.75 Å². The molecule has 0 amide bonds. The highest BCUT2D eigenvalue weighted by atomic mass is 16.5. The highest BCUT2D eigenvalue weighted by Crippen LogP contribution is 2.33. The van der Waals surface area contributed by atoms with E-state index in [1.54, 1.807) is 7.11 Å². The van der Waals surface area contributed by atoms with Crippen molar-refractivity contribution >= 4 is 0 Å². The molecule has 2 rings (SSSR count). The molecule has 2 atom stereocenters. The van der Waals surface area contributed by atoms with Gasteiger partial charge in [0, 0.05) is 6.04 Å². The fraction of sp³-hybridized carbons (Fsp3) is 0.538. The third-order valence-corrected chi connectivity index (χ3v) is 3.28. The molecule has 2 unspecified atom stereocenters. The van der Waals surface area contributed by atoms with E-state index in [2.05, 4.69) is 18.2 Å². The summed E-state index contributed by atoms with van der Waals surface area (Å²) < 4.78 is 5.24. The minimum absolute atomic E-state index is 0.384. The third kappa shape index (κ3) is 2.51. The summed E-state index contributed by atoms with van der Waals surface area (Å²) in [5, 5.41) is 0. The Labute approximate surface area is 91.4 Å². The van der Waals surface area contributed by atoms with E-state index in [0.29, 0.717) is 12.0 Å². The first kappa shape index (κ1) is 10.5. The molecule has 1 fully saturated rings. The van der Waals surface area contributed by atoms with Gasteiger partial charge in [-0.1, -0.05) is 18.6 Å². The lowest BCUT2D eigenvalue weighted by Gasteiger charge is -2.27. The van der Waals surface area contributed by atoms with Crippen LogP contribution >= 0.6 is 0 Å². The molecule has 0 saturated heterocycles. The van der Waals surface area contributed by atoms with Crippen molar-refractivity contribution in [2.45, 2.75) is 37.6 Å². The van der Waals surface area contributed by atoms with Gasteiger partial charge in [-0.25, -0.2) is 0 Å². The van der Waals surface area contributed by atoms with Crippen molar-refractivity contribution in [1.82, 2.24) is 0 Å². The molecular formula is C13H19NO. The summed E-state index contributed by atoms with van der Waals surface area (Å²) in [6, 6.07) is 8.77. The minimum Gasteiger partial charge on any atom is -0.497 e. The van der Waals surface area contributed by atoms with Gasteiger partial charge in [-0.15, -0.1) is 0 Å². The molecule has 0 aliphatic heterocycles. The summed E-state index contributed by atoms with van der Waals surface area (Å²) >= 11 is 0. The maximum Gasteiger partial charge on any atom is 0.119 e. The molecule has 0 heterocycles. The molecular weight excluding hydrogens is 186 g/mol. The minimum atomic E-state index is 0.384. The van der Waals surface area contributed by atoms with Gasteiger partial charge in [0.15, 0.2) is 0 Å². The zero-order valence-electron chi connectivity index (χ0n) is 9.28. The molecule has 2 nitrogen and oxygen atoms in total. The molecule has 2 heteroatoms. The summed E-state index contributed by atoms with van der Waals surface area (Å²) in [5.41, 5.74) is 7.38. The van der Waals surface area contributed by atoms with Gasteiger partial charge in [0.1, 0.15) is 5.75 Å². The molecule has 82 valence electrons. The zero-order chi connectivity index (χ0) is 10.7. The van der Waals surface area contributed by atoms with E-state index < -0.39 is 0 Å². The van der Waals surface area contributed by atoms with Crippen LogP contribution < -0.4 is 10.5 Å². The van der Waals surface area contributed by atoms with E-state index in [9.17, 15) is 0 Å². The van der Waals surface area contributed by atoms with Gasteiger partial charge >= 0.3 is 0 Å². The Bertz CT molecular complexity index is 324. The number of benzene rings is 1. The molecule has 1 aromatic carbocycles. The molecule has 0 radical (unpaired) electrons. The molecule has 1 aliphatic carbocycles. The molecule has 15 heavy (non-hydrogen) atoms. The number of hydrogen-bond donors (Lipinski definition) is 1. The second-order valence-corrected chi connectivity index (χ2v) is 4.40. The molecule has 2 N–H and O–H groups in total. The van der Waals surface area contributed by atoms with Gasteiger partial charge in [0.2, 0.25) is 0 Å². The van der Waals surface area contributed by atoms with Gasteiger partial charge < -0.3 is 10.5 Å². The smallest absolute Gasteiger partial charge is 0.119 e. The van der Waals surface area contributed by atoms with Crippen LogP contribution in [0.2, 0.25) is 0 Å². The van der Waals surface area contributed by atoms with E-state index in [0.717, 1.165) is 12.2 Å². The summed E-state index contributed by atoms with van der Waals surface area (Å²) in [5.74, 6) is 1.58. The summed E-state index contributed by atoms with van der Waals surface area (Å²) in [4.78, 5) is 0. The van der Waals surface area contributed by atoms with Gasteiger partial charge in [-0.3, -0.25) is 0 Å². The van der Waals surface area contributed by atoms with Crippen LogP contribution in [0.1, 0.15) is 37.2 Å². The Hall–Kier alpha value is -1.02. The maximum absolute atomic E-state index is 6.00. The number of nitrogens with two attached hydrogens (primary N) is 1. The van der Waals surface area contributed by atoms with E-state index >= 15 is 0 Å². The summed E-state index contributed by atoms with van der Waals surface area (Å²) in [6.07, 6.45) is 4.82. The maximum atomic E-state index is 6.00. The van der Waals surface area contributed by atoms with Crippen molar-refractivity contribution in [2.75, 3.05) is 7.11 Å². The standard InChI is InChI=1S/C13H19NO/c1-15-13-7-3-5-11(9-13)10-4-2-6-12(14)8-10/h3,5,7,9-10,12H,2,4,6,8,14H2,1H3. The van der Waals surface area contributed by atoms with Gasteiger partial charge in [0.05, 0.1) is 7.11 Å². The first-order valence-electron chi connectivity index (χ1n) is 5.69. The number of rotatable bonds is 2. The van der Waals surface area contributed by atoms with Crippen LogP contribution in [-0.2, 0) is 0 Å². The number of ether oxygens (including phenoxy) is 1. The largest absolute Gasteiger partial charge is 0.497 e. The van der Waals surface area contributed by atoms with Crippen LogP contribution in [0.25, 0.3) is 0 Å². The Morgan fingerprint density at radius 2 is 2.20 bits per heavy atom. The first-order valence-corrected chi connectivity index (χ1v) is 5.69. The van der Waals surface area contributed by atoms with Crippen LogP contribution in [0, 0.1) is 0 Å². The van der Waals surface area contributed by atoms with E-state index in [4.69, 9.17) is 10.5 Å². The van der Waals surface area contributed by atoms with Crippen molar-refractivity contribution in [3.63, 3.8) is 0 Å². The Balaban J connectivity index is 2.13. The average molecular weight is 205 g/mol. The molecule has 0 aromatic heterocycles. The van der Waals surface area contributed by atoms with Crippen molar-refractivity contribution in [3.8, 4) is 5.75 Å². The van der Waals surface area contributed by atoms with Crippen molar-refractivity contribution in [3.05, 3.63) is 29.8 Å². The van der Waals surface area contributed by atoms with E-state index in [-0.39, 0.29) is 0 Å². The lowest BCUT2D eigenvalue weighted by atomic mass is 9.82. The van der Waals surface area contributed by atoms with Crippen molar-refractivity contribution < 1.29 is 4.74 Å². The van der Waals surface area contributed by atoms with Crippen molar-refractivity contribution in [1.29, 1.82) is 0 Å². The molecule has 1 aromatic rings. The van der Waals surface area contributed by atoms with E-state index in [1.807, 2.05) is 6.07 Å². The number of hydrogen-bond acceptors (Lipinski definition) is 2. The Kier molecular flexibility index (Phi) is 3.27. The predicted molar refractivity (Wildman–Crippen MR) is 62.2 cm³/mol. The highest BCUT2D eigenvalue weighted by Gasteiger charge is 2.20. The van der Waals surface area contributed by atoms with Crippen LogP contribution in [0.3, 0.4) is 0 Å².